The van der Waals surface area contributed by atoms with E-state index in [4.69, 9.17) is 25.7 Å². The fourth-order valence-corrected chi connectivity index (χ4v) is 9.52. The molecule has 2 aliphatic rings. The highest BCUT2D eigenvalue weighted by atomic mass is 32.2. The van der Waals surface area contributed by atoms with Gasteiger partial charge in [-0.2, -0.15) is 0 Å². The molecule has 5 amide bonds. The van der Waals surface area contributed by atoms with Crippen LogP contribution in [0.15, 0.2) is 34.2 Å². The molecule has 20 nitrogen and oxygen atoms in total. The second-order valence-electron chi connectivity index (χ2n) is 20.2. The lowest BCUT2D eigenvalue weighted by Gasteiger charge is -2.26. The molecule has 4 atom stereocenters. The largest absolute Gasteiger partial charge is 0.488 e. The van der Waals surface area contributed by atoms with Crippen molar-refractivity contribution >= 4 is 51.5 Å². The Bertz CT molecular complexity index is 2370. The third kappa shape index (κ3) is 16.6. The fraction of sp³-hybridized carbons (Fsp3) is 0.604. The van der Waals surface area contributed by atoms with Crippen molar-refractivity contribution < 1.29 is 51.4 Å². The van der Waals surface area contributed by atoms with Crippen LogP contribution in [0.2, 0.25) is 0 Å². The maximum atomic E-state index is 14.3. The minimum absolute atomic E-state index is 0.0664. The molecule has 0 spiro atoms. The lowest BCUT2D eigenvalue weighted by Crippen LogP contribution is -2.58. The van der Waals surface area contributed by atoms with Gasteiger partial charge in [0.15, 0.2) is 0 Å². The molecule has 21 heteroatoms. The van der Waals surface area contributed by atoms with E-state index >= 15 is 0 Å². The Kier molecular flexibility index (Phi) is 18.6. The topological polar surface area (TPSA) is 301 Å². The molecule has 2 aliphatic heterocycles. The normalized spacial score (nSPS) is 20.7. The maximum Gasteiger partial charge on any atom is 0.308 e. The molecular formula is C48H73N9O11S. The van der Waals surface area contributed by atoms with Gasteiger partial charge in [0.2, 0.25) is 35.5 Å². The number of nitrogens with one attached hydrogen (secondary N) is 6. The number of guanidine groups is 1. The van der Waals surface area contributed by atoms with Gasteiger partial charge in [-0.15, -0.1) is 0 Å². The number of nitrogens with zero attached hydrogens (tertiary/aromatic N) is 1. The van der Waals surface area contributed by atoms with Crippen LogP contribution < -0.4 is 52.2 Å². The highest BCUT2D eigenvalue weighted by molar-refractivity contribution is 7.90. The Labute approximate surface area is 406 Å². The first kappa shape index (κ1) is 55.6. The van der Waals surface area contributed by atoms with Gasteiger partial charge in [-0.05, 0) is 149 Å². The summed E-state index contributed by atoms with van der Waals surface area (Å²) >= 11 is 0. The van der Waals surface area contributed by atoms with Crippen LogP contribution in [0.1, 0.15) is 122 Å². The van der Waals surface area contributed by atoms with Gasteiger partial charge in [-0.25, -0.2) is 13.1 Å². The Balaban J connectivity index is 1.60. The summed E-state index contributed by atoms with van der Waals surface area (Å²) in [5.41, 5.74) is 13.1. The maximum absolute atomic E-state index is 14.3. The molecule has 0 bridgehead atoms. The Morgan fingerprint density at radius 1 is 0.797 bits per heavy atom. The number of rotatable bonds is 15. The summed E-state index contributed by atoms with van der Waals surface area (Å²) in [4.78, 5) is 86.8. The predicted molar refractivity (Wildman–Crippen MR) is 260 cm³/mol. The van der Waals surface area contributed by atoms with E-state index in [1.807, 2.05) is 34.6 Å². The van der Waals surface area contributed by atoms with E-state index in [2.05, 4.69) is 36.3 Å². The molecule has 1 fully saturated rings. The van der Waals surface area contributed by atoms with Crippen molar-refractivity contribution in [2.75, 3.05) is 19.6 Å². The quantitative estimate of drug-likeness (QED) is 0.0550. The number of fused-ring (bicyclic) bond motifs is 1. The zero-order chi connectivity index (χ0) is 51.6. The van der Waals surface area contributed by atoms with E-state index in [-0.39, 0.29) is 37.1 Å². The number of hydrogen-bond donors (Lipinski definition) is 8. The van der Waals surface area contributed by atoms with E-state index in [0.717, 1.165) is 5.56 Å². The number of carbonyl (C=O) groups excluding carboxylic acids is 6. The van der Waals surface area contributed by atoms with Crippen LogP contribution in [0, 0.1) is 20.8 Å². The Morgan fingerprint density at radius 2 is 1.38 bits per heavy atom. The lowest BCUT2D eigenvalue weighted by atomic mass is 9.94. The van der Waals surface area contributed by atoms with Crippen molar-refractivity contribution in [2.24, 2.45) is 16.5 Å². The first-order valence-electron chi connectivity index (χ1n) is 23.3. The Hall–Kier alpha value is -5.96. The minimum atomic E-state index is -4.20. The summed E-state index contributed by atoms with van der Waals surface area (Å²) in [5, 5.41) is 13.1. The van der Waals surface area contributed by atoms with Gasteiger partial charge in [-0.1, -0.05) is 12.1 Å². The number of unbranched alkanes of at least 4 members (excludes halogenated alkanes) is 1. The van der Waals surface area contributed by atoms with Crippen molar-refractivity contribution in [1.29, 1.82) is 0 Å². The van der Waals surface area contributed by atoms with E-state index in [9.17, 15) is 37.2 Å². The monoisotopic (exact) mass is 984 g/mol. The van der Waals surface area contributed by atoms with Crippen LogP contribution in [0.3, 0.4) is 0 Å². The van der Waals surface area contributed by atoms with Crippen molar-refractivity contribution in [2.45, 2.75) is 173 Å². The van der Waals surface area contributed by atoms with Crippen LogP contribution in [0.25, 0.3) is 0 Å². The van der Waals surface area contributed by atoms with Gasteiger partial charge in [0.25, 0.3) is 10.0 Å². The number of nitrogens with two attached hydrogens (primary N) is 2. The smallest absolute Gasteiger partial charge is 0.308 e. The molecule has 2 heterocycles. The second-order valence-corrected chi connectivity index (χ2v) is 21.8. The summed E-state index contributed by atoms with van der Waals surface area (Å²) in [6, 6.07) is 1.54. The summed E-state index contributed by atoms with van der Waals surface area (Å²) in [5.74, 6) is -3.97. The molecule has 1 saturated heterocycles. The molecule has 0 radical (unpaired) electrons. The van der Waals surface area contributed by atoms with E-state index in [1.165, 1.54) is 0 Å². The number of benzene rings is 2. The first-order chi connectivity index (χ1) is 32.0. The third-order valence-electron chi connectivity index (χ3n) is 11.2. The van der Waals surface area contributed by atoms with Gasteiger partial charge >= 0.3 is 5.97 Å². The summed E-state index contributed by atoms with van der Waals surface area (Å²) in [6.07, 6.45) is 0.897. The summed E-state index contributed by atoms with van der Waals surface area (Å²) in [7, 11) is -4.20. The predicted octanol–water partition coefficient (Wildman–Crippen LogP) is 2.05. The second kappa shape index (κ2) is 23.1. The molecule has 0 aliphatic carbocycles. The van der Waals surface area contributed by atoms with E-state index in [1.54, 1.807) is 65.8 Å². The molecule has 2 aromatic rings. The first-order valence-corrected chi connectivity index (χ1v) is 24.8. The molecular weight excluding hydrogens is 911 g/mol. The number of amides is 5. The van der Waals surface area contributed by atoms with Gasteiger partial charge in [0.05, 0.1) is 17.9 Å². The van der Waals surface area contributed by atoms with Crippen molar-refractivity contribution in [3.8, 4) is 11.5 Å². The van der Waals surface area contributed by atoms with E-state index in [0.29, 0.717) is 59.6 Å². The van der Waals surface area contributed by atoms with Gasteiger partial charge < -0.3 is 52.3 Å². The van der Waals surface area contributed by atoms with Crippen molar-refractivity contribution in [3.05, 3.63) is 52.1 Å². The molecule has 69 heavy (non-hydrogen) atoms. The highest BCUT2D eigenvalue weighted by Gasteiger charge is 2.38. The van der Waals surface area contributed by atoms with Gasteiger partial charge in [0, 0.05) is 24.9 Å². The lowest BCUT2D eigenvalue weighted by molar-refractivity contribution is -0.156. The summed E-state index contributed by atoms with van der Waals surface area (Å²) < 4.78 is 47.4. The molecule has 0 saturated carbocycles. The molecule has 382 valence electrons. The minimum Gasteiger partial charge on any atom is -0.488 e. The van der Waals surface area contributed by atoms with E-state index < -0.39 is 105 Å². The number of esters is 1. The third-order valence-corrected chi connectivity index (χ3v) is 12.9. The summed E-state index contributed by atoms with van der Waals surface area (Å²) in [6.45, 7) is 19.3. The Morgan fingerprint density at radius 3 is 1.99 bits per heavy atom. The van der Waals surface area contributed by atoms with Crippen LogP contribution in [-0.4, -0.2) is 110 Å². The number of carbonyl (C=O) groups is 6. The number of hydrogen-bond acceptors (Lipinski definition) is 13. The molecule has 0 unspecified atom stereocenters. The number of sulfonamides is 1. The van der Waals surface area contributed by atoms with Crippen LogP contribution in [0.4, 0.5) is 0 Å². The molecule has 4 rings (SSSR count). The molecule has 0 aromatic heterocycles. The van der Waals surface area contributed by atoms with Crippen molar-refractivity contribution in [3.63, 3.8) is 0 Å². The van der Waals surface area contributed by atoms with Gasteiger partial charge in [0.1, 0.15) is 52.5 Å². The molecule has 2 aromatic carbocycles. The fourth-order valence-electron chi connectivity index (χ4n) is 8.00. The average molecular weight is 984 g/mol. The SMILES string of the molecule is Cc1c(C)c(S(=O)(=O)NC(N)=NCCC[C@@H]2NC(=O)[C@H](CCCCN)NC(=O)[C@@H](Cc3ccc(OC(C)(C)C)cc3)NC(=O)[C@H](CC(=O)OC(C)(C)C)NC(=O)CNC2=O)c(C)c2c1OC(C)(C)C2. The standard InChI is InChI=1S/C48H73N9O11S/c1-27-28(2)40(29(3)32-25-48(10,11)68-39(27)32)69(64,65)57-45(50)51-22-14-16-33-41(60)52-26-37(58)53-36(24-38(59)67-47(7,8)9)44(63)56-35(23-30-17-19-31(20-18-30)66-46(4,5)6)43(62)55-34(42(61)54-33)15-12-13-21-49/h17-20,33-36H,12-16,21-26,49H2,1-11H3,(H,52,60)(H,53,58)(H,54,61)(H,55,62)(H,56,63)(H3,50,51,57)/t33-,34-,35+,36-/m0/s1. The average Bonchev–Trinajstić information content (AvgIpc) is 3.56. The number of aliphatic imine (C=N–C) groups is 1. The van der Waals surface area contributed by atoms with Crippen LogP contribution >= 0.6 is 0 Å². The van der Waals surface area contributed by atoms with Gasteiger partial charge in [-0.3, -0.25) is 33.8 Å². The zero-order valence-corrected chi connectivity index (χ0v) is 42.7. The van der Waals surface area contributed by atoms with Crippen LogP contribution in [-0.2, 0) is 56.4 Å². The van der Waals surface area contributed by atoms with Crippen LogP contribution in [0.5, 0.6) is 11.5 Å². The highest BCUT2D eigenvalue weighted by Crippen LogP contribution is 2.43. The van der Waals surface area contributed by atoms with Crippen molar-refractivity contribution in [1.82, 2.24) is 31.3 Å². The number of ether oxygens (including phenoxy) is 3. The zero-order valence-electron chi connectivity index (χ0n) is 41.9. The molecule has 10 N–H and O–H groups in total.